The average Bonchev–Trinajstić information content (AvgIpc) is 2.78. The van der Waals surface area contributed by atoms with Crippen LogP contribution in [0.5, 0.6) is 0 Å². The van der Waals surface area contributed by atoms with Gasteiger partial charge in [-0.15, -0.1) is 0 Å². The fraction of sp³-hybridized carbons (Fsp3) is 0.289. The lowest BCUT2D eigenvalue weighted by molar-refractivity contribution is 0.332. The van der Waals surface area contributed by atoms with Gasteiger partial charge in [0.05, 0.1) is 5.69 Å². The number of nitrogens with zero attached hydrogens (tertiary/aromatic N) is 2. The predicted octanol–water partition coefficient (Wildman–Crippen LogP) is 18.7. The van der Waals surface area contributed by atoms with Crippen molar-refractivity contribution in [3.05, 3.63) is 245 Å². The van der Waals surface area contributed by atoms with E-state index in [1.807, 2.05) is 0 Å². The Labute approximate surface area is 473 Å². The molecule has 1 aliphatic carbocycles. The maximum Gasteiger partial charge on any atom is 0.252 e. The van der Waals surface area contributed by atoms with E-state index in [-0.39, 0.29) is 39.2 Å². The summed E-state index contributed by atoms with van der Waals surface area (Å²) in [7, 11) is 0. The van der Waals surface area contributed by atoms with Gasteiger partial charge in [0.2, 0.25) is 0 Å². The second kappa shape index (κ2) is 18.6. The van der Waals surface area contributed by atoms with Crippen LogP contribution in [0.2, 0.25) is 0 Å². The monoisotopic (exact) mass is 1030 g/mol. The molecular formula is C76H79BN2. The Morgan fingerprint density at radius 2 is 0.785 bits per heavy atom. The lowest BCUT2D eigenvalue weighted by Crippen LogP contribution is -2.62. The molecule has 0 fully saturated rings. The van der Waals surface area contributed by atoms with Crippen LogP contribution in [0.15, 0.2) is 200 Å². The van der Waals surface area contributed by atoms with E-state index in [9.17, 15) is 0 Å². The first-order valence-corrected chi connectivity index (χ1v) is 29.1. The minimum absolute atomic E-state index is 0.000116. The van der Waals surface area contributed by atoms with E-state index in [0.717, 1.165) is 18.5 Å². The molecule has 0 unspecified atom stereocenters. The van der Waals surface area contributed by atoms with Gasteiger partial charge >= 0.3 is 0 Å². The fourth-order valence-electron chi connectivity index (χ4n) is 13.4. The van der Waals surface area contributed by atoms with Gasteiger partial charge in [0.25, 0.3) is 6.71 Å². The number of fused-ring (bicyclic) bond motifs is 5. The Bertz CT molecular complexity index is 3770. The summed E-state index contributed by atoms with van der Waals surface area (Å²) < 4.78 is 0. The van der Waals surface area contributed by atoms with Crippen molar-refractivity contribution in [3.8, 4) is 22.3 Å². The van der Waals surface area contributed by atoms with Gasteiger partial charge in [0, 0.05) is 44.8 Å². The molecule has 0 bridgehead atoms. The van der Waals surface area contributed by atoms with Crippen LogP contribution in [-0.4, -0.2) is 6.71 Å². The van der Waals surface area contributed by atoms with E-state index in [0.29, 0.717) is 0 Å². The van der Waals surface area contributed by atoms with E-state index in [1.165, 1.54) is 112 Å². The molecular weight excluding hydrogens is 952 g/mol. The van der Waals surface area contributed by atoms with Crippen molar-refractivity contribution in [2.24, 2.45) is 0 Å². The minimum Gasteiger partial charge on any atom is -0.311 e. The normalized spacial score (nSPS) is 15.5. The number of rotatable bonds is 8. The molecule has 3 aliphatic rings. The molecule has 0 amide bonds. The Balaban J connectivity index is 1.18. The molecule has 396 valence electrons. The number of anilines is 6. The van der Waals surface area contributed by atoms with Crippen LogP contribution >= 0.6 is 0 Å². The van der Waals surface area contributed by atoms with Crippen molar-refractivity contribution < 1.29 is 0 Å². The average molecular weight is 1030 g/mol. The number of hydrogen-bond acceptors (Lipinski definition) is 2. The third kappa shape index (κ3) is 8.88. The van der Waals surface area contributed by atoms with Gasteiger partial charge < -0.3 is 9.80 Å². The lowest BCUT2D eigenvalue weighted by Gasteiger charge is -2.48. The molecule has 0 saturated heterocycles. The second-order valence-corrected chi connectivity index (χ2v) is 27.7. The van der Waals surface area contributed by atoms with Gasteiger partial charge in [-0.05, 0) is 161 Å². The zero-order valence-electron chi connectivity index (χ0n) is 49.4. The van der Waals surface area contributed by atoms with Gasteiger partial charge in [0.1, 0.15) is 0 Å². The Hall–Kier alpha value is -7.36. The van der Waals surface area contributed by atoms with Crippen molar-refractivity contribution in [1.29, 1.82) is 0 Å². The first-order valence-electron chi connectivity index (χ1n) is 29.1. The van der Waals surface area contributed by atoms with Crippen molar-refractivity contribution in [3.63, 3.8) is 0 Å². The zero-order valence-corrected chi connectivity index (χ0v) is 49.4. The molecule has 0 aromatic heterocycles. The van der Waals surface area contributed by atoms with Gasteiger partial charge in [-0.25, -0.2) is 0 Å². The standard InChI is InChI=1S/C76H79BN2/c1-71(2,3)56-36-40-65(60(44-56)52-32-30-51(31-33-52)50-24-18-15-19-25-50)79-67-49-62-61(73(7,8)42-43-74(62,9)10)48-64(67)77-63-45-57(76(13,14)54-28-22-17-23-29-54)37-41-66(63)78(68-46-58(72(4,5)6)47-69(79)70(68)77)59-38-34-55(35-39-59)75(11,12)53-26-20-16-21-27-53/h15-41,44-49H,42-43H2,1-14H3. The quantitative estimate of drug-likeness (QED) is 0.140. The largest absolute Gasteiger partial charge is 0.311 e. The summed E-state index contributed by atoms with van der Waals surface area (Å²) >= 11 is 0. The highest BCUT2D eigenvalue weighted by molar-refractivity contribution is 7.00. The van der Waals surface area contributed by atoms with Gasteiger partial charge in [-0.2, -0.15) is 0 Å². The van der Waals surface area contributed by atoms with Crippen LogP contribution in [0.4, 0.5) is 34.1 Å². The molecule has 3 heteroatoms. The van der Waals surface area contributed by atoms with E-state index in [1.54, 1.807) is 0 Å². The lowest BCUT2D eigenvalue weighted by atomic mass is 9.32. The minimum atomic E-state index is -0.254. The summed E-state index contributed by atoms with van der Waals surface area (Å²) in [6, 6.07) is 77.1. The Kier molecular flexibility index (Phi) is 12.3. The highest BCUT2D eigenvalue weighted by Crippen LogP contribution is 2.53. The third-order valence-corrected chi connectivity index (χ3v) is 18.9. The maximum atomic E-state index is 2.72. The van der Waals surface area contributed by atoms with E-state index < -0.39 is 0 Å². The molecule has 2 heterocycles. The number of benzene rings is 9. The highest BCUT2D eigenvalue weighted by atomic mass is 15.2. The molecule has 79 heavy (non-hydrogen) atoms. The predicted molar refractivity (Wildman–Crippen MR) is 341 cm³/mol. The SMILES string of the molecule is CC(C)(C)c1ccc(N2c3cc4c(cc3B3c5cc(C(C)(C)c6ccccc6)ccc5N(c5ccc(C(C)(C)c6ccccc6)cc5)c5cc(C(C)(C)C)cc2c53)C(C)(C)CCC4(C)C)c(-c2ccc(-c3ccccc3)cc2)c1. The van der Waals surface area contributed by atoms with Crippen LogP contribution in [0, 0.1) is 0 Å². The third-order valence-electron chi connectivity index (χ3n) is 18.9. The Morgan fingerprint density at radius 1 is 0.342 bits per heavy atom. The van der Waals surface area contributed by atoms with Crippen LogP contribution in [0.3, 0.4) is 0 Å². The van der Waals surface area contributed by atoms with Gasteiger partial charge in [-0.3, -0.25) is 0 Å². The van der Waals surface area contributed by atoms with Crippen molar-refractivity contribution in [2.75, 3.05) is 9.80 Å². The fourth-order valence-corrected chi connectivity index (χ4v) is 13.4. The molecule has 2 aliphatic heterocycles. The van der Waals surface area contributed by atoms with Gasteiger partial charge in [0.15, 0.2) is 0 Å². The highest BCUT2D eigenvalue weighted by Gasteiger charge is 2.48. The smallest absolute Gasteiger partial charge is 0.252 e. The van der Waals surface area contributed by atoms with Crippen molar-refractivity contribution in [2.45, 2.75) is 142 Å². The topological polar surface area (TPSA) is 6.48 Å². The van der Waals surface area contributed by atoms with E-state index in [2.05, 4.69) is 307 Å². The second-order valence-electron chi connectivity index (χ2n) is 27.7. The molecule has 12 rings (SSSR count). The molecule has 0 radical (unpaired) electrons. The summed E-state index contributed by atoms with van der Waals surface area (Å²) in [6.45, 7) is 33.6. The number of hydrogen-bond donors (Lipinski definition) is 0. The van der Waals surface area contributed by atoms with Crippen LogP contribution in [0.25, 0.3) is 22.3 Å². The summed E-state index contributed by atoms with van der Waals surface area (Å²) in [4.78, 5) is 5.34. The van der Waals surface area contributed by atoms with Crippen LogP contribution < -0.4 is 26.2 Å². The summed E-state index contributed by atoms with van der Waals surface area (Å²) in [6.07, 6.45) is 2.28. The summed E-state index contributed by atoms with van der Waals surface area (Å²) in [5, 5.41) is 0. The first kappa shape index (κ1) is 52.3. The van der Waals surface area contributed by atoms with E-state index >= 15 is 0 Å². The van der Waals surface area contributed by atoms with Crippen LogP contribution in [-0.2, 0) is 32.5 Å². The van der Waals surface area contributed by atoms with E-state index in [4.69, 9.17) is 0 Å². The maximum absolute atomic E-state index is 2.72. The van der Waals surface area contributed by atoms with Crippen molar-refractivity contribution in [1.82, 2.24) is 0 Å². The summed E-state index contributed by atoms with van der Waals surface area (Å²) in [5.74, 6) is 0. The zero-order chi connectivity index (χ0) is 55.6. The summed E-state index contributed by atoms with van der Waals surface area (Å²) in [5.41, 5.74) is 26.5. The molecule has 9 aromatic rings. The molecule has 0 N–H and O–H groups in total. The molecule has 9 aromatic carbocycles. The first-order chi connectivity index (χ1) is 37.4. The molecule has 0 saturated carbocycles. The molecule has 0 spiro atoms. The molecule has 2 nitrogen and oxygen atoms in total. The van der Waals surface area contributed by atoms with Crippen molar-refractivity contribution >= 4 is 57.2 Å². The van der Waals surface area contributed by atoms with Gasteiger partial charge in [-0.1, -0.05) is 249 Å². The molecule has 0 atom stereocenters. The Morgan fingerprint density at radius 3 is 1.35 bits per heavy atom. The van der Waals surface area contributed by atoms with Crippen LogP contribution in [0.1, 0.15) is 154 Å².